The van der Waals surface area contributed by atoms with Crippen LogP contribution in [0.3, 0.4) is 0 Å². The van der Waals surface area contributed by atoms with Gasteiger partial charge in [0.1, 0.15) is 11.5 Å². The first-order valence-corrected chi connectivity index (χ1v) is 14.1. The van der Waals surface area contributed by atoms with Crippen molar-refractivity contribution in [1.82, 2.24) is 0 Å². The molecule has 0 heterocycles. The Morgan fingerprint density at radius 1 is 0.524 bits per heavy atom. The van der Waals surface area contributed by atoms with Crippen LogP contribution in [0.2, 0.25) is 0 Å². The Balaban J connectivity index is 0.00000441. The minimum atomic E-state index is -0.217. The number of halogens is 1. The van der Waals surface area contributed by atoms with Gasteiger partial charge < -0.3 is 22.6 Å². The summed E-state index contributed by atoms with van der Waals surface area (Å²) in [5.74, 6) is 0.507. The topological polar surface area (TPSA) is 65.2 Å². The molecule has 0 saturated heterocycles. The predicted molar refractivity (Wildman–Crippen MR) is 172 cm³/mol. The molecule has 226 valence electrons. The van der Waals surface area contributed by atoms with Gasteiger partial charge in [-0.25, -0.2) is 0 Å². The fourth-order valence-electron chi connectivity index (χ4n) is 4.48. The Bertz CT molecular complexity index is 1340. The van der Waals surface area contributed by atoms with E-state index in [0.717, 1.165) is 22.3 Å². The molecule has 0 bridgehead atoms. The van der Waals surface area contributed by atoms with Crippen LogP contribution in [0.15, 0.2) is 58.5 Å². The fraction of sp³-hybridized carbons (Fsp3) is 0.444. The van der Waals surface area contributed by atoms with Crippen LogP contribution in [0.5, 0.6) is 11.5 Å². The Morgan fingerprint density at radius 3 is 1.10 bits per heavy atom. The van der Waals surface area contributed by atoms with Crippen LogP contribution < -0.4 is 12.4 Å². The smallest absolute Gasteiger partial charge is 1.00 e. The zero-order valence-corrected chi connectivity index (χ0v) is 29.4. The maximum atomic E-state index is 11.2. The normalized spacial score (nSPS) is 12.9. The van der Waals surface area contributed by atoms with Crippen LogP contribution in [0, 0.1) is 0 Å². The van der Waals surface area contributed by atoms with Crippen molar-refractivity contribution < 1.29 is 40.0 Å². The molecular formula is C36H48ClCrN2O2+. The summed E-state index contributed by atoms with van der Waals surface area (Å²) >= 11 is 0. The molecule has 42 heavy (non-hydrogen) atoms. The molecule has 2 N–H and O–H groups in total. The zero-order chi connectivity index (χ0) is 30.3. The molecule has 4 nitrogen and oxygen atoms in total. The summed E-state index contributed by atoms with van der Waals surface area (Å²) in [6.07, 6.45) is 3.45. The molecule has 0 radical (unpaired) electrons. The SMILES string of the molecule is CC(C)(C)c1cc(C=Nc2ccccc2N=Cc2cc(C(C)(C)C)cc(C(C)(C)C)c2O)c(O)c(C(C)(C)C)c1.[Cl-].[Cr+2]. The maximum absolute atomic E-state index is 11.2. The van der Waals surface area contributed by atoms with Crippen molar-refractivity contribution in [3.63, 3.8) is 0 Å². The number of benzene rings is 3. The number of hydrogen-bond donors (Lipinski definition) is 2. The first-order valence-electron chi connectivity index (χ1n) is 14.1. The van der Waals surface area contributed by atoms with Crippen molar-refractivity contribution >= 4 is 23.8 Å². The number of phenols is 2. The zero-order valence-electron chi connectivity index (χ0n) is 27.3. The van der Waals surface area contributed by atoms with E-state index in [1.807, 2.05) is 36.4 Å². The molecule has 6 heteroatoms. The molecule has 0 saturated carbocycles. The van der Waals surface area contributed by atoms with Crippen molar-refractivity contribution in [2.24, 2.45) is 9.98 Å². The summed E-state index contributed by atoms with van der Waals surface area (Å²) < 4.78 is 0. The van der Waals surface area contributed by atoms with Gasteiger partial charge in [-0.1, -0.05) is 107 Å². The van der Waals surface area contributed by atoms with Crippen molar-refractivity contribution in [3.05, 3.63) is 81.9 Å². The molecule has 0 aliphatic rings. The molecule has 3 aromatic carbocycles. The van der Waals surface area contributed by atoms with E-state index in [0.29, 0.717) is 22.5 Å². The summed E-state index contributed by atoms with van der Waals surface area (Å²) in [6.45, 7) is 25.7. The minimum absolute atomic E-state index is 0. The van der Waals surface area contributed by atoms with Crippen molar-refractivity contribution in [2.75, 3.05) is 0 Å². The van der Waals surface area contributed by atoms with Crippen molar-refractivity contribution in [2.45, 2.75) is 105 Å². The van der Waals surface area contributed by atoms with Crippen LogP contribution in [0.4, 0.5) is 11.4 Å². The molecule has 0 unspecified atom stereocenters. The average Bonchev–Trinajstić information content (AvgIpc) is 2.80. The summed E-state index contributed by atoms with van der Waals surface area (Å²) in [6, 6.07) is 15.9. The Hall–Kier alpha value is -2.58. The van der Waals surface area contributed by atoms with E-state index in [9.17, 15) is 10.2 Å². The maximum Gasteiger partial charge on any atom is 2.00 e. The molecule has 0 atom stereocenters. The van der Waals surface area contributed by atoms with Gasteiger partial charge in [0.05, 0.1) is 11.4 Å². The van der Waals surface area contributed by atoms with Gasteiger partial charge in [0.2, 0.25) is 0 Å². The van der Waals surface area contributed by atoms with E-state index < -0.39 is 0 Å². The quantitative estimate of drug-likeness (QED) is 0.313. The summed E-state index contributed by atoms with van der Waals surface area (Å²) in [5.41, 5.74) is 6.23. The van der Waals surface area contributed by atoms with Gasteiger partial charge in [-0.05, 0) is 57.1 Å². The molecular weight excluding hydrogens is 580 g/mol. The Morgan fingerprint density at radius 2 is 0.833 bits per heavy atom. The number of aliphatic imine (C=N–C) groups is 2. The monoisotopic (exact) mass is 627 g/mol. The standard InChI is InChI=1S/C36H48N2O2.ClH.Cr/c1-33(2,3)25-17-23(31(39)27(19-25)35(7,8)9)21-37-29-15-13-14-16-30(29)38-22-24-18-26(34(4,5)6)20-28(32(24)40)36(10,11)12;;/h13-22,39-40H,1-12H3;1H;/q;;+2/p-1. The summed E-state index contributed by atoms with van der Waals surface area (Å²) in [5, 5.41) is 22.4. The van der Waals surface area contributed by atoms with E-state index in [4.69, 9.17) is 9.98 Å². The molecule has 3 aromatic rings. The van der Waals surface area contributed by atoms with Crippen LogP contribution in [0.1, 0.15) is 116 Å². The second-order valence-electron chi connectivity index (χ2n) is 14.9. The third-order valence-corrected chi connectivity index (χ3v) is 7.19. The molecule has 0 aliphatic heterocycles. The van der Waals surface area contributed by atoms with Gasteiger partial charge in [0, 0.05) is 34.7 Å². The van der Waals surface area contributed by atoms with Crippen molar-refractivity contribution in [3.8, 4) is 11.5 Å². The van der Waals surface area contributed by atoms with Gasteiger partial charge in [-0.2, -0.15) is 0 Å². The van der Waals surface area contributed by atoms with Gasteiger partial charge >= 0.3 is 17.4 Å². The second kappa shape index (κ2) is 13.4. The average molecular weight is 628 g/mol. The van der Waals surface area contributed by atoms with Gasteiger partial charge in [0.15, 0.2) is 0 Å². The molecule has 0 fully saturated rings. The molecule has 0 aromatic heterocycles. The molecule has 0 spiro atoms. The number of phenolic OH excluding ortho intramolecular Hbond substituents is 2. The predicted octanol–water partition coefficient (Wildman–Crippen LogP) is 6.79. The number of para-hydroxylation sites is 2. The van der Waals surface area contributed by atoms with E-state index in [-0.39, 0.29) is 62.9 Å². The number of nitrogens with zero attached hydrogens (tertiary/aromatic N) is 2. The largest absolute Gasteiger partial charge is 2.00 e. The van der Waals surface area contributed by atoms with E-state index in [2.05, 4.69) is 95.2 Å². The van der Waals surface area contributed by atoms with Gasteiger partial charge in [-0.3, -0.25) is 9.98 Å². The second-order valence-corrected chi connectivity index (χ2v) is 14.9. The molecule has 3 rings (SSSR count). The van der Waals surface area contributed by atoms with Crippen LogP contribution in [0.25, 0.3) is 0 Å². The Kier molecular flexibility index (Phi) is 11.9. The van der Waals surface area contributed by atoms with E-state index in [1.54, 1.807) is 12.4 Å². The van der Waals surface area contributed by atoms with Crippen molar-refractivity contribution in [1.29, 1.82) is 0 Å². The Labute approximate surface area is 271 Å². The summed E-state index contributed by atoms with van der Waals surface area (Å²) in [4.78, 5) is 9.54. The van der Waals surface area contributed by atoms with Crippen LogP contribution in [-0.2, 0) is 39.0 Å². The van der Waals surface area contributed by atoms with Crippen LogP contribution in [-0.4, -0.2) is 22.6 Å². The van der Waals surface area contributed by atoms with E-state index >= 15 is 0 Å². The summed E-state index contributed by atoms with van der Waals surface area (Å²) in [7, 11) is 0. The first-order chi connectivity index (χ1) is 18.2. The third kappa shape index (κ3) is 8.96. The number of rotatable bonds is 4. The fourth-order valence-corrected chi connectivity index (χ4v) is 4.48. The number of aromatic hydroxyl groups is 2. The molecule has 0 aliphatic carbocycles. The third-order valence-electron chi connectivity index (χ3n) is 7.19. The van der Waals surface area contributed by atoms with Crippen LogP contribution >= 0.6 is 0 Å². The minimum Gasteiger partial charge on any atom is -1.00 e. The van der Waals surface area contributed by atoms with Gasteiger partial charge in [-0.15, -0.1) is 0 Å². The van der Waals surface area contributed by atoms with E-state index in [1.165, 1.54) is 0 Å². The first kappa shape index (κ1) is 37.4. The molecule has 0 amide bonds. The number of hydrogen-bond acceptors (Lipinski definition) is 4. The van der Waals surface area contributed by atoms with Gasteiger partial charge in [0.25, 0.3) is 0 Å².